The normalized spacial score (nSPS) is 8.71. The second kappa shape index (κ2) is 5.05. The molecular formula is C11H10O3. The zero-order chi connectivity index (χ0) is 10.4. The van der Waals surface area contributed by atoms with Crippen LogP contribution in [0.1, 0.15) is 15.9 Å². The molecule has 0 aromatic heterocycles. The molecule has 1 aromatic carbocycles. The molecule has 1 N–H and O–H groups in total. The highest BCUT2D eigenvalue weighted by molar-refractivity contribution is 5.80. The number of rotatable bonds is 2. The summed E-state index contributed by atoms with van der Waals surface area (Å²) in [5, 5.41) is 8.49. The summed E-state index contributed by atoms with van der Waals surface area (Å²) in [4.78, 5) is 10.6. The van der Waals surface area contributed by atoms with Gasteiger partial charge in [-0.05, 0) is 18.2 Å². The Kier molecular flexibility index (Phi) is 3.71. The molecule has 0 aliphatic heterocycles. The Morgan fingerprint density at radius 2 is 2.36 bits per heavy atom. The number of hydrogen-bond acceptors (Lipinski definition) is 3. The van der Waals surface area contributed by atoms with Gasteiger partial charge >= 0.3 is 0 Å². The van der Waals surface area contributed by atoms with E-state index in [2.05, 4.69) is 11.8 Å². The van der Waals surface area contributed by atoms with E-state index in [0.717, 1.165) is 0 Å². The molecular weight excluding hydrogens is 180 g/mol. The van der Waals surface area contributed by atoms with E-state index in [1.165, 1.54) is 7.11 Å². The third-order valence-corrected chi connectivity index (χ3v) is 1.67. The lowest BCUT2D eigenvalue weighted by Crippen LogP contribution is -1.91. The highest BCUT2D eigenvalue weighted by Gasteiger charge is 2.01. The first kappa shape index (κ1) is 10.3. The van der Waals surface area contributed by atoms with E-state index in [4.69, 9.17) is 9.84 Å². The van der Waals surface area contributed by atoms with Crippen molar-refractivity contribution in [2.24, 2.45) is 0 Å². The molecule has 3 heteroatoms. The van der Waals surface area contributed by atoms with Crippen molar-refractivity contribution >= 4 is 6.29 Å². The third-order valence-electron chi connectivity index (χ3n) is 1.67. The molecule has 1 rings (SSSR count). The van der Waals surface area contributed by atoms with Gasteiger partial charge in [-0.15, -0.1) is 0 Å². The molecule has 0 fully saturated rings. The molecule has 72 valence electrons. The molecule has 0 atom stereocenters. The number of aliphatic hydroxyl groups excluding tert-OH is 1. The van der Waals surface area contributed by atoms with Crippen molar-refractivity contribution in [2.45, 2.75) is 0 Å². The first-order valence-corrected chi connectivity index (χ1v) is 4.04. The molecule has 14 heavy (non-hydrogen) atoms. The van der Waals surface area contributed by atoms with Gasteiger partial charge in [-0.25, -0.2) is 0 Å². The Morgan fingerprint density at radius 1 is 1.57 bits per heavy atom. The fourth-order valence-electron chi connectivity index (χ4n) is 1.05. The number of hydrogen-bond donors (Lipinski definition) is 1. The van der Waals surface area contributed by atoms with Gasteiger partial charge in [0.05, 0.1) is 12.7 Å². The van der Waals surface area contributed by atoms with Gasteiger partial charge in [-0.1, -0.05) is 11.8 Å². The lowest BCUT2D eigenvalue weighted by Gasteiger charge is -2.02. The minimum atomic E-state index is -0.192. The highest BCUT2D eigenvalue weighted by Crippen LogP contribution is 2.17. The van der Waals surface area contributed by atoms with Crippen molar-refractivity contribution in [2.75, 3.05) is 13.7 Å². The molecule has 0 amide bonds. The maximum absolute atomic E-state index is 10.6. The van der Waals surface area contributed by atoms with Crippen LogP contribution in [0.3, 0.4) is 0 Å². The Hall–Kier alpha value is -1.79. The average Bonchev–Trinajstić information content (AvgIpc) is 2.25. The van der Waals surface area contributed by atoms with Crippen molar-refractivity contribution in [3.8, 4) is 17.6 Å². The quantitative estimate of drug-likeness (QED) is 0.555. The molecule has 0 aliphatic carbocycles. The van der Waals surface area contributed by atoms with Crippen LogP contribution in [-0.2, 0) is 0 Å². The van der Waals surface area contributed by atoms with E-state index < -0.39 is 0 Å². The number of ether oxygens (including phenoxy) is 1. The fraction of sp³-hybridized carbons (Fsp3) is 0.182. The van der Waals surface area contributed by atoms with Crippen molar-refractivity contribution in [3.63, 3.8) is 0 Å². The monoisotopic (exact) mass is 190 g/mol. The van der Waals surface area contributed by atoms with Crippen molar-refractivity contribution < 1.29 is 14.6 Å². The first-order chi connectivity index (χ1) is 6.81. The van der Waals surface area contributed by atoms with Gasteiger partial charge in [0.25, 0.3) is 0 Å². The minimum absolute atomic E-state index is 0.192. The number of aldehydes is 1. The first-order valence-electron chi connectivity index (χ1n) is 4.04. The summed E-state index contributed by atoms with van der Waals surface area (Å²) in [6, 6.07) is 5.02. The van der Waals surface area contributed by atoms with E-state index in [1.54, 1.807) is 18.2 Å². The van der Waals surface area contributed by atoms with E-state index in [0.29, 0.717) is 23.2 Å². The second-order valence-electron chi connectivity index (χ2n) is 2.53. The van der Waals surface area contributed by atoms with Crippen LogP contribution < -0.4 is 4.74 Å². The molecule has 0 saturated carbocycles. The molecule has 1 aromatic rings. The van der Waals surface area contributed by atoms with Crippen LogP contribution in [0.2, 0.25) is 0 Å². The van der Waals surface area contributed by atoms with E-state index >= 15 is 0 Å². The standard InChI is InChI=1S/C11H10O3/c1-14-11-5-4-9(3-2-6-12)7-10(11)8-13/h4-5,7-8,12H,6H2,1H3. The summed E-state index contributed by atoms with van der Waals surface area (Å²) in [7, 11) is 1.50. The third kappa shape index (κ3) is 2.35. The molecule has 3 nitrogen and oxygen atoms in total. The molecule has 0 heterocycles. The predicted octanol–water partition coefficient (Wildman–Crippen LogP) is 0.851. The molecule has 0 aliphatic rings. The fourth-order valence-corrected chi connectivity index (χ4v) is 1.05. The minimum Gasteiger partial charge on any atom is -0.496 e. The largest absolute Gasteiger partial charge is 0.496 e. The second-order valence-corrected chi connectivity index (χ2v) is 2.53. The maximum Gasteiger partial charge on any atom is 0.153 e. The lowest BCUT2D eigenvalue weighted by atomic mass is 10.1. The van der Waals surface area contributed by atoms with Crippen LogP contribution in [0.4, 0.5) is 0 Å². The highest BCUT2D eigenvalue weighted by atomic mass is 16.5. The molecule has 0 bridgehead atoms. The maximum atomic E-state index is 10.6. The summed E-state index contributed by atoms with van der Waals surface area (Å²) in [6.07, 6.45) is 0.711. The zero-order valence-corrected chi connectivity index (χ0v) is 7.78. The molecule has 0 radical (unpaired) electrons. The van der Waals surface area contributed by atoms with Crippen LogP contribution in [0.5, 0.6) is 5.75 Å². The van der Waals surface area contributed by atoms with Crippen molar-refractivity contribution in [1.82, 2.24) is 0 Å². The van der Waals surface area contributed by atoms with Crippen LogP contribution in [0.25, 0.3) is 0 Å². The van der Waals surface area contributed by atoms with Gasteiger partial charge in [-0.3, -0.25) is 4.79 Å². The number of carbonyl (C=O) groups is 1. The van der Waals surface area contributed by atoms with E-state index in [1.807, 2.05) is 0 Å². The van der Waals surface area contributed by atoms with Gasteiger partial charge < -0.3 is 9.84 Å². The SMILES string of the molecule is COc1ccc(C#CCO)cc1C=O. The van der Waals surface area contributed by atoms with Crippen LogP contribution in [0, 0.1) is 11.8 Å². The lowest BCUT2D eigenvalue weighted by molar-refractivity contribution is 0.112. The van der Waals surface area contributed by atoms with Gasteiger partial charge in [0, 0.05) is 5.56 Å². The zero-order valence-electron chi connectivity index (χ0n) is 7.78. The topological polar surface area (TPSA) is 46.5 Å². The Balaban J connectivity index is 3.07. The Labute approximate surface area is 82.3 Å². The summed E-state index contributed by atoms with van der Waals surface area (Å²) in [6.45, 7) is -0.192. The molecule has 0 spiro atoms. The Bertz CT molecular complexity index is 385. The van der Waals surface area contributed by atoms with Gasteiger partial charge in [0.2, 0.25) is 0 Å². The van der Waals surface area contributed by atoms with Gasteiger partial charge in [0.1, 0.15) is 12.4 Å². The van der Waals surface area contributed by atoms with Crippen molar-refractivity contribution in [1.29, 1.82) is 0 Å². The smallest absolute Gasteiger partial charge is 0.153 e. The molecule has 0 unspecified atom stereocenters. The number of aliphatic hydroxyl groups is 1. The molecule has 0 saturated heterocycles. The van der Waals surface area contributed by atoms with Gasteiger partial charge in [-0.2, -0.15) is 0 Å². The number of carbonyl (C=O) groups excluding carboxylic acids is 1. The summed E-state index contributed by atoms with van der Waals surface area (Å²) < 4.78 is 4.97. The summed E-state index contributed by atoms with van der Waals surface area (Å²) in [5.74, 6) is 5.73. The van der Waals surface area contributed by atoms with Crippen LogP contribution in [-0.4, -0.2) is 25.1 Å². The number of benzene rings is 1. The summed E-state index contributed by atoms with van der Waals surface area (Å²) in [5.41, 5.74) is 1.14. The summed E-state index contributed by atoms with van der Waals surface area (Å²) >= 11 is 0. The van der Waals surface area contributed by atoms with E-state index in [-0.39, 0.29) is 6.61 Å². The van der Waals surface area contributed by atoms with Crippen LogP contribution in [0.15, 0.2) is 18.2 Å². The number of methoxy groups -OCH3 is 1. The van der Waals surface area contributed by atoms with Crippen molar-refractivity contribution in [3.05, 3.63) is 29.3 Å². The van der Waals surface area contributed by atoms with E-state index in [9.17, 15) is 4.79 Å². The Morgan fingerprint density at radius 3 is 2.93 bits per heavy atom. The van der Waals surface area contributed by atoms with Crippen LogP contribution >= 0.6 is 0 Å². The average molecular weight is 190 g/mol. The predicted molar refractivity (Wildman–Crippen MR) is 52.3 cm³/mol. The van der Waals surface area contributed by atoms with Gasteiger partial charge in [0.15, 0.2) is 6.29 Å².